The molecule has 0 heterocycles. The molecule has 0 radical (unpaired) electrons. The van der Waals surface area contributed by atoms with Crippen molar-refractivity contribution in [3.63, 3.8) is 0 Å². The summed E-state index contributed by atoms with van der Waals surface area (Å²) in [5, 5.41) is 0. The van der Waals surface area contributed by atoms with Crippen molar-refractivity contribution in [2.24, 2.45) is 5.92 Å². The molecule has 0 spiro atoms. The molecule has 17 heavy (non-hydrogen) atoms. The van der Waals surface area contributed by atoms with Crippen molar-refractivity contribution >= 4 is 12.0 Å². The molecule has 0 aromatic heterocycles. The first-order valence-electron chi connectivity index (χ1n) is 5.91. The summed E-state index contributed by atoms with van der Waals surface area (Å²) in [4.78, 5) is 11.2. The normalized spacial score (nSPS) is 15.5. The molecule has 1 aromatic carbocycles. The van der Waals surface area contributed by atoms with Crippen LogP contribution in [-0.4, -0.2) is 12.6 Å². The highest BCUT2D eigenvalue weighted by molar-refractivity contribution is 5.82. The van der Waals surface area contributed by atoms with E-state index in [2.05, 4.69) is 0 Å². The molecule has 2 heteroatoms. The van der Waals surface area contributed by atoms with E-state index in [0.29, 0.717) is 12.5 Å². The van der Waals surface area contributed by atoms with Crippen LogP contribution in [0.25, 0.3) is 6.08 Å². The van der Waals surface area contributed by atoms with Crippen LogP contribution in [0.4, 0.5) is 0 Å². The Balaban J connectivity index is 1.72. The van der Waals surface area contributed by atoms with Crippen molar-refractivity contribution in [2.45, 2.75) is 12.8 Å². The molecule has 0 unspecified atom stereocenters. The summed E-state index contributed by atoms with van der Waals surface area (Å²) >= 11 is 0. The molecule has 0 N–H and O–H groups in total. The first kappa shape index (κ1) is 11.6. The van der Waals surface area contributed by atoms with Gasteiger partial charge in [-0.15, -0.1) is 0 Å². The summed E-state index contributed by atoms with van der Waals surface area (Å²) in [5.41, 5.74) is 1.11. The van der Waals surface area contributed by atoms with E-state index in [1.165, 1.54) is 18.9 Å². The Bertz CT molecular complexity index is 414. The minimum absolute atomic E-state index is 0.255. The number of hydrogen-bond donors (Lipinski definition) is 0. The van der Waals surface area contributed by atoms with Crippen LogP contribution in [0.5, 0.6) is 0 Å². The minimum Gasteiger partial charge on any atom is -0.462 e. The maximum absolute atomic E-state index is 11.2. The fraction of sp³-hybridized carbons (Fsp3) is 0.267. The maximum atomic E-state index is 11.2. The summed E-state index contributed by atoms with van der Waals surface area (Å²) in [7, 11) is 0. The zero-order valence-corrected chi connectivity index (χ0v) is 9.71. The van der Waals surface area contributed by atoms with Crippen molar-refractivity contribution < 1.29 is 9.53 Å². The molecule has 0 saturated heterocycles. The SMILES string of the molecule is O=C(C=CC=Cc1ccccc1)OCC1CC1. The number of rotatable bonds is 5. The van der Waals surface area contributed by atoms with Gasteiger partial charge in [-0.2, -0.15) is 0 Å². The predicted molar refractivity (Wildman–Crippen MR) is 68.3 cm³/mol. The van der Waals surface area contributed by atoms with Gasteiger partial charge in [-0.25, -0.2) is 4.79 Å². The average molecular weight is 228 g/mol. The third kappa shape index (κ3) is 4.68. The fourth-order valence-corrected chi connectivity index (χ4v) is 1.40. The second kappa shape index (κ2) is 6.04. The molecule has 1 aromatic rings. The molecule has 1 aliphatic carbocycles. The zero-order chi connectivity index (χ0) is 11.9. The highest BCUT2D eigenvalue weighted by Crippen LogP contribution is 2.28. The van der Waals surface area contributed by atoms with Gasteiger partial charge in [0.25, 0.3) is 0 Å². The van der Waals surface area contributed by atoms with Crippen molar-refractivity contribution in [3.8, 4) is 0 Å². The van der Waals surface area contributed by atoms with Crippen LogP contribution in [0.1, 0.15) is 18.4 Å². The van der Waals surface area contributed by atoms with E-state index in [9.17, 15) is 4.79 Å². The molecule has 1 saturated carbocycles. The Hall–Kier alpha value is -1.83. The Morgan fingerprint density at radius 3 is 2.71 bits per heavy atom. The van der Waals surface area contributed by atoms with E-state index >= 15 is 0 Å². The molecular weight excluding hydrogens is 212 g/mol. The molecule has 0 bridgehead atoms. The van der Waals surface area contributed by atoms with Crippen LogP contribution < -0.4 is 0 Å². The van der Waals surface area contributed by atoms with Crippen LogP contribution in [0.15, 0.2) is 48.6 Å². The van der Waals surface area contributed by atoms with Crippen molar-refractivity contribution in [3.05, 3.63) is 54.1 Å². The van der Waals surface area contributed by atoms with Gasteiger partial charge in [-0.05, 0) is 24.3 Å². The first-order valence-corrected chi connectivity index (χ1v) is 5.91. The standard InChI is InChI=1S/C15H16O2/c16-15(17-12-14-10-11-14)9-5-4-8-13-6-2-1-3-7-13/h1-9,14H,10-12H2. The number of benzene rings is 1. The van der Waals surface area contributed by atoms with Crippen molar-refractivity contribution in [1.82, 2.24) is 0 Å². The Morgan fingerprint density at radius 1 is 1.24 bits per heavy atom. The predicted octanol–water partition coefficient (Wildman–Crippen LogP) is 3.21. The summed E-state index contributed by atoms with van der Waals surface area (Å²) in [6.45, 7) is 0.575. The van der Waals surface area contributed by atoms with Gasteiger partial charge in [0.1, 0.15) is 0 Å². The molecule has 0 aliphatic heterocycles. The van der Waals surface area contributed by atoms with Gasteiger partial charge in [0.05, 0.1) is 6.61 Å². The van der Waals surface area contributed by atoms with Crippen LogP contribution >= 0.6 is 0 Å². The minimum atomic E-state index is -0.255. The lowest BCUT2D eigenvalue weighted by atomic mass is 10.2. The molecule has 88 valence electrons. The third-order valence-electron chi connectivity index (χ3n) is 2.59. The number of esters is 1. The van der Waals surface area contributed by atoms with Gasteiger partial charge in [0.2, 0.25) is 0 Å². The lowest BCUT2D eigenvalue weighted by Gasteiger charge is -1.97. The molecule has 0 amide bonds. The van der Waals surface area contributed by atoms with E-state index in [1.807, 2.05) is 42.5 Å². The number of hydrogen-bond acceptors (Lipinski definition) is 2. The van der Waals surface area contributed by atoms with Crippen molar-refractivity contribution in [1.29, 1.82) is 0 Å². The molecule has 1 fully saturated rings. The van der Waals surface area contributed by atoms with Gasteiger partial charge in [0, 0.05) is 6.08 Å². The largest absolute Gasteiger partial charge is 0.462 e. The summed E-state index contributed by atoms with van der Waals surface area (Å²) < 4.78 is 5.06. The molecule has 0 atom stereocenters. The second-order valence-corrected chi connectivity index (χ2v) is 4.20. The van der Waals surface area contributed by atoms with Gasteiger partial charge in [-0.3, -0.25) is 0 Å². The summed E-state index contributed by atoms with van der Waals surface area (Å²) in [5.74, 6) is 0.363. The van der Waals surface area contributed by atoms with E-state index in [4.69, 9.17) is 4.74 Å². The topological polar surface area (TPSA) is 26.3 Å². The molecule has 2 rings (SSSR count). The van der Waals surface area contributed by atoms with Crippen LogP contribution in [0.2, 0.25) is 0 Å². The summed E-state index contributed by atoms with van der Waals surface area (Å²) in [6.07, 6.45) is 9.36. The third-order valence-corrected chi connectivity index (χ3v) is 2.59. The van der Waals surface area contributed by atoms with E-state index < -0.39 is 0 Å². The lowest BCUT2D eigenvalue weighted by Crippen LogP contribution is -2.03. The molecule has 1 aliphatic rings. The number of allylic oxidation sites excluding steroid dienone is 2. The maximum Gasteiger partial charge on any atom is 0.330 e. The number of carbonyl (C=O) groups is 1. The Kier molecular flexibility index (Phi) is 4.14. The zero-order valence-electron chi connectivity index (χ0n) is 9.71. The van der Waals surface area contributed by atoms with Gasteiger partial charge >= 0.3 is 5.97 Å². The number of carbonyl (C=O) groups excluding carboxylic acids is 1. The lowest BCUT2D eigenvalue weighted by molar-refractivity contribution is -0.138. The molecule has 2 nitrogen and oxygen atoms in total. The monoisotopic (exact) mass is 228 g/mol. The van der Waals surface area contributed by atoms with Crippen LogP contribution in [0.3, 0.4) is 0 Å². The Morgan fingerprint density at radius 2 is 2.00 bits per heavy atom. The van der Waals surface area contributed by atoms with E-state index in [1.54, 1.807) is 6.08 Å². The van der Waals surface area contributed by atoms with Crippen molar-refractivity contribution in [2.75, 3.05) is 6.61 Å². The van der Waals surface area contributed by atoms with Gasteiger partial charge in [-0.1, -0.05) is 48.6 Å². The van der Waals surface area contributed by atoms with Gasteiger partial charge < -0.3 is 4.74 Å². The smallest absolute Gasteiger partial charge is 0.330 e. The van der Waals surface area contributed by atoms with Crippen LogP contribution in [0, 0.1) is 5.92 Å². The Labute approximate surface area is 102 Å². The van der Waals surface area contributed by atoms with Crippen LogP contribution in [-0.2, 0) is 9.53 Å². The molecular formula is C15H16O2. The highest BCUT2D eigenvalue weighted by atomic mass is 16.5. The van der Waals surface area contributed by atoms with E-state index in [0.717, 1.165) is 5.56 Å². The first-order chi connectivity index (χ1) is 8.34. The second-order valence-electron chi connectivity index (χ2n) is 4.20. The average Bonchev–Trinajstić information content (AvgIpc) is 3.17. The van der Waals surface area contributed by atoms with Gasteiger partial charge in [0.15, 0.2) is 0 Å². The summed E-state index contributed by atoms with van der Waals surface area (Å²) in [6, 6.07) is 9.95. The van der Waals surface area contributed by atoms with E-state index in [-0.39, 0.29) is 5.97 Å². The highest BCUT2D eigenvalue weighted by Gasteiger charge is 2.22. The quantitative estimate of drug-likeness (QED) is 0.439. The number of ether oxygens (including phenoxy) is 1. The fourth-order valence-electron chi connectivity index (χ4n) is 1.40.